The van der Waals surface area contributed by atoms with E-state index in [0.717, 1.165) is 24.8 Å². The quantitative estimate of drug-likeness (QED) is 0.436. The molecule has 3 rings (SSSR count). The van der Waals surface area contributed by atoms with Crippen LogP contribution in [0.15, 0.2) is 12.2 Å². The molecular formula is C20H32O6. The number of hydrogen-bond donors (Lipinski definition) is 4. The largest absolute Gasteiger partial charge is 0.463 e. The Bertz CT molecular complexity index is 577. The molecule has 0 aromatic carbocycles. The van der Waals surface area contributed by atoms with Gasteiger partial charge in [-0.1, -0.05) is 26.0 Å². The highest BCUT2D eigenvalue weighted by Crippen LogP contribution is 2.61. The van der Waals surface area contributed by atoms with E-state index in [2.05, 4.69) is 13.5 Å². The van der Waals surface area contributed by atoms with Gasteiger partial charge in [0.05, 0.1) is 18.8 Å². The summed E-state index contributed by atoms with van der Waals surface area (Å²) in [6.07, 6.45) is 0.815. The van der Waals surface area contributed by atoms with E-state index in [1.807, 2.05) is 6.92 Å². The summed E-state index contributed by atoms with van der Waals surface area (Å²) in [5, 5.41) is 41.2. The number of aliphatic hydroxyl groups is 4. The summed E-state index contributed by atoms with van der Waals surface area (Å²) in [6.45, 7) is 8.18. The topological polar surface area (TPSA) is 107 Å². The molecule has 0 aromatic rings. The second kappa shape index (κ2) is 6.89. The maximum atomic E-state index is 11.9. The number of carbonyl (C=O) groups excluding carboxylic acids is 1. The van der Waals surface area contributed by atoms with Gasteiger partial charge in [0.15, 0.2) is 0 Å². The molecule has 1 aliphatic heterocycles. The second-order valence-electron chi connectivity index (χ2n) is 9.05. The molecular weight excluding hydrogens is 336 g/mol. The molecule has 3 aliphatic rings. The van der Waals surface area contributed by atoms with E-state index < -0.39 is 35.6 Å². The van der Waals surface area contributed by atoms with Crippen molar-refractivity contribution in [2.24, 2.45) is 28.6 Å². The third-order valence-corrected chi connectivity index (χ3v) is 7.67. The van der Waals surface area contributed by atoms with Gasteiger partial charge in [0.2, 0.25) is 0 Å². The maximum absolute atomic E-state index is 11.9. The van der Waals surface area contributed by atoms with Crippen molar-refractivity contribution in [3.8, 4) is 0 Å². The molecule has 2 aliphatic carbocycles. The molecule has 2 saturated carbocycles. The van der Waals surface area contributed by atoms with E-state index in [0.29, 0.717) is 12.8 Å². The van der Waals surface area contributed by atoms with Crippen molar-refractivity contribution in [3.05, 3.63) is 12.2 Å². The average Bonchev–Trinajstić information content (AvgIpc) is 2.93. The number of esters is 1. The van der Waals surface area contributed by atoms with Crippen molar-refractivity contribution in [1.82, 2.24) is 0 Å². The van der Waals surface area contributed by atoms with Gasteiger partial charge in [-0.25, -0.2) is 0 Å². The van der Waals surface area contributed by atoms with E-state index in [9.17, 15) is 25.2 Å². The SMILES string of the molecule is C=C1CC[C@@H]2[C@](C)(CO)[C@H](O)CC[C@@]2(C)[C@@H]1C[C@H](O)[C@@H]1C(=O)OC[C@H]1O. The van der Waals surface area contributed by atoms with E-state index in [4.69, 9.17) is 4.74 Å². The summed E-state index contributed by atoms with van der Waals surface area (Å²) in [6, 6.07) is 0. The predicted molar refractivity (Wildman–Crippen MR) is 95.0 cm³/mol. The molecule has 6 heteroatoms. The summed E-state index contributed by atoms with van der Waals surface area (Å²) in [4.78, 5) is 11.9. The zero-order chi connectivity index (χ0) is 19.3. The number of ether oxygens (including phenoxy) is 1. The van der Waals surface area contributed by atoms with Crippen LogP contribution in [0.1, 0.15) is 46.0 Å². The molecule has 0 radical (unpaired) electrons. The van der Waals surface area contributed by atoms with Crippen LogP contribution < -0.4 is 0 Å². The van der Waals surface area contributed by atoms with Crippen LogP contribution in [-0.2, 0) is 9.53 Å². The van der Waals surface area contributed by atoms with Gasteiger partial charge in [0.25, 0.3) is 0 Å². The summed E-state index contributed by atoms with van der Waals surface area (Å²) < 4.78 is 4.87. The number of carbonyl (C=O) groups is 1. The fraction of sp³-hybridized carbons (Fsp3) is 0.850. The van der Waals surface area contributed by atoms with Crippen LogP contribution in [0.4, 0.5) is 0 Å². The molecule has 0 amide bonds. The van der Waals surface area contributed by atoms with E-state index in [-0.39, 0.29) is 30.5 Å². The van der Waals surface area contributed by atoms with E-state index >= 15 is 0 Å². The predicted octanol–water partition coefficient (Wildman–Crippen LogP) is 1.01. The molecule has 1 saturated heterocycles. The highest BCUT2D eigenvalue weighted by molar-refractivity contribution is 5.75. The molecule has 3 fully saturated rings. The summed E-state index contributed by atoms with van der Waals surface area (Å²) in [5.74, 6) is -1.39. The first-order valence-electron chi connectivity index (χ1n) is 9.64. The zero-order valence-corrected chi connectivity index (χ0v) is 15.7. The van der Waals surface area contributed by atoms with Gasteiger partial charge >= 0.3 is 5.97 Å². The van der Waals surface area contributed by atoms with Crippen LogP contribution >= 0.6 is 0 Å². The smallest absolute Gasteiger partial charge is 0.314 e. The van der Waals surface area contributed by atoms with Gasteiger partial charge in [0, 0.05) is 5.41 Å². The van der Waals surface area contributed by atoms with Crippen LogP contribution in [0.5, 0.6) is 0 Å². The minimum atomic E-state index is -0.996. The Morgan fingerprint density at radius 3 is 2.58 bits per heavy atom. The van der Waals surface area contributed by atoms with Crippen LogP contribution in [0.2, 0.25) is 0 Å². The molecule has 6 nitrogen and oxygen atoms in total. The Kier molecular flexibility index (Phi) is 5.25. The third-order valence-electron chi connectivity index (χ3n) is 7.67. The Morgan fingerprint density at radius 2 is 2.00 bits per heavy atom. The number of aliphatic hydroxyl groups excluding tert-OH is 4. The number of fused-ring (bicyclic) bond motifs is 1. The van der Waals surface area contributed by atoms with Gasteiger partial charge in [-0.15, -0.1) is 0 Å². The van der Waals surface area contributed by atoms with Crippen molar-refractivity contribution >= 4 is 5.97 Å². The lowest BCUT2D eigenvalue weighted by Gasteiger charge is -2.60. The van der Waals surface area contributed by atoms with Crippen molar-refractivity contribution in [2.75, 3.05) is 13.2 Å². The van der Waals surface area contributed by atoms with Crippen molar-refractivity contribution in [1.29, 1.82) is 0 Å². The number of hydrogen-bond acceptors (Lipinski definition) is 6. The van der Waals surface area contributed by atoms with Crippen molar-refractivity contribution in [2.45, 2.75) is 64.3 Å². The maximum Gasteiger partial charge on any atom is 0.314 e. The van der Waals surface area contributed by atoms with Gasteiger partial charge in [-0.05, 0) is 49.4 Å². The Labute approximate surface area is 154 Å². The first kappa shape index (κ1) is 19.8. The number of rotatable bonds is 4. The van der Waals surface area contributed by atoms with Crippen LogP contribution in [0, 0.1) is 28.6 Å². The van der Waals surface area contributed by atoms with Gasteiger partial charge in [-0.2, -0.15) is 0 Å². The van der Waals surface area contributed by atoms with Gasteiger partial charge in [-0.3, -0.25) is 4.79 Å². The molecule has 0 aromatic heterocycles. The van der Waals surface area contributed by atoms with Crippen molar-refractivity contribution in [3.63, 3.8) is 0 Å². The molecule has 0 unspecified atom stereocenters. The highest BCUT2D eigenvalue weighted by Gasteiger charge is 2.58. The average molecular weight is 368 g/mol. The Morgan fingerprint density at radius 1 is 1.31 bits per heavy atom. The summed E-state index contributed by atoms with van der Waals surface area (Å²) >= 11 is 0. The summed E-state index contributed by atoms with van der Waals surface area (Å²) in [7, 11) is 0. The Balaban J connectivity index is 1.86. The highest BCUT2D eigenvalue weighted by atomic mass is 16.6. The lowest BCUT2D eigenvalue weighted by Crippen LogP contribution is -2.58. The molecule has 0 spiro atoms. The van der Waals surface area contributed by atoms with Gasteiger partial charge in [0.1, 0.15) is 18.6 Å². The third kappa shape index (κ3) is 2.91. The zero-order valence-electron chi connectivity index (χ0n) is 15.7. The first-order chi connectivity index (χ1) is 12.1. The fourth-order valence-corrected chi connectivity index (χ4v) is 5.96. The fourth-order valence-electron chi connectivity index (χ4n) is 5.96. The van der Waals surface area contributed by atoms with Crippen molar-refractivity contribution < 1.29 is 30.0 Å². The minimum absolute atomic E-state index is 0.0322. The van der Waals surface area contributed by atoms with Crippen LogP contribution in [0.3, 0.4) is 0 Å². The standard InChI is InChI=1S/C20H32O6/c1-11-4-5-15-19(2,7-6-16(24)20(15,3)10-21)12(11)8-13(22)17-14(23)9-26-18(17)25/h12-17,21-24H,1,4-10H2,2-3H3/t12-,13+,14-,15+,16-,17+,19+,20+/m1/s1. The minimum Gasteiger partial charge on any atom is -0.463 e. The number of cyclic esters (lactones) is 1. The lowest BCUT2D eigenvalue weighted by atomic mass is 9.46. The van der Waals surface area contributed by atoms with E-state index in [1.54, 1.807) is 0 Å². The normalized spacial score (nSPS) is 47.4. The molecule has 0 bridgehead atoms. The van der Waals surface area contributed by atoms with Gasteiger partial charge < -0.3 is 25.2 Å². The molecule has 1 heterocycles. The monoisotopic (exact) mass is 368 g/mol. The van der Waals surface area contributed by atoms with Crippen LogP contribution in [-0.4, -0.2) is 57.9 Å². The second-order valence-corrected chi connectivity index (χ2v) is 9.05. The van der Waals surface area contributed by atoms with Crippen LogP contribution in [0.25, 0.3) is 0 Å². The lowest BCUT2D eigenvalue weighted by molar-refractivity contribution is -0.158. The molecule has 26 heavy (non-hydrogen) atoms. The Hall–Kier alpha value is -0.950. The molecule has 4 N–H and O–H groups in total. The molecule has 8 atom stereocenters. The van der Waals surface area contributed by atoms with E-state index in [1.165, 1.54) is 0 Å². The first-order valence-corrected chi connectivity index (χ1v) is 9.64. The molecule has 148 valence electrons. The number of allylic oxidation sites excluding steroid dienone is 1. The summed E-state index contributed by atoms with van der Waals surface area (Å²) in [5.41, 5.74) is 0.240.